The van der Waals surface area contributed by atoms with E-state index in [1.165, 1.54) is 29.1 Å². The molecule has 0 unspecified atom stereocenters. The molecular weight excluding hydrogens is 166 g/mol. The van der Waals surface area contributed by atoms with Crippen LogP contribution >= 0.6 is 11.3 Å². The summed E-state index contributed by atoms with van der Waals surface area (Å²) in [5.41, 5.74) is 0. The Morgan fingerprint density at radius 2 is 2.33 bits per heavy atom. The first-order valence-corrected chi connectivity index (χ1v) is 5.52. The van der Waals surface area contributed by atoms with Gasteiger partial charge in [0.25, 0.3) is 0 Å². The molecule has 0 aliphatic heterocycles. The molecule has 2 heteroatoms. The third-order valence-corrected chi connectivity index (χ3v) is 3.62. The highest BCUT2D eigenvalue weighted by molar-refractivity contribution is 7.11. The minimum Gasteiger partial charge on any atom is -0.249 e. The van der Waals surface area contributed by atoms with Gasteiger partial charge in [-0.25, -0.2) is 4.98 Å². The van der Waals surface area contributed by atoms with Gasteiger partial charge in [0.05, 0.1) is 5.01 Å². The average molecular weight is 181 g/mol. The summed E-state index contributed by atoms with van der Waals surface area (Å²) in [4.78, 5) is 5.87. The van der Waals surface area contributed by atoms with E-state index < -0.39 is 0 Å². The second-order valence-electron chi connectivity index (χ2n) is 3.96. The SMILES string of the molecule is CC(C)c1cnc(CC2CC2)s1. The van der Waals surface area contributed by atoms with Crippen molar-refractivity contribution in [3.8, 4) is 0 Å². The summed E-state index contributed by atoms with van der Waals surface area (Å²) < 4.78 is 0. The van der Waals surface area contributed by atoms with Gasteiger partial charge in [-0.15, -0.1) is 11.3 Å². The van der Waals surface area contributed by atoms with Crippen LogP contribution in [0.3, 0.4) is 0 Å². The van der Waals surface area contributed by atoms with Crippen LogP contribution in [0, 0.1) is 5.92 Å². The van der Waals surface area contributed by atoms with Gasteiger partial charge < -0.3 is 0 Å². The molecule has 0 N–H and O–H groups in total. The topological polar surface area (TPSA) is 12.9 Å². The number of rotatable bonds is 3. The van der Waals surface area contributed by atoms with Crippen molar-refractivity contribution in [3.63, 3.8) is 0 Å². The van der Waals surface area contributed by atoms with Gasteiger partial charge in [-0.05, 0) is 24.7 Å². The van der Waals surface area contributed by atoms with Crippen molar-refractivity contribution >= 4 is 11.3 Å². The summed E-state index contributed by atoms with van der Waals surface area (Å²) in [6.07, 6.45) is 6.14. The molecule has 1 aromatic rings. The lowest BCUT2D eigenvalue weighted by Crippen LogP contribution is -1.82. The Morgan fingerprint density at radius 1 is 1.58 bits per heavy atom. The van der Waals surface area contributed by atoms with E-state index in [1.807, 2.05) is 17.5 Å². The van der Waals surface area contributed by atoms with Crippen molar-refractivity contribution in [2.24, 2.45) is 5.92 Å². The van der Waals surface area contributed by atoms with Gasteiger partial charge in [0.1, 0.15) is 0 Å². The highest BCUT2D eigenvalue weighted by Gasteiger charge is 2.22. The lowest BCUT2D eigenvalue weighted by molar-refractivity contribution is 0.823. The van der Waals surface area contributed by atoms with E-state index >= 15 is 0 Å². The van der Waals surface area contributed by atoms with Gasteiger partial charge in [0, 0.05) is 17.5 Å². The summed E-state index contributed by atoms with van der Waals surface area (Å²) in [6, 6.07) is 0. The first-order valence-electron chi connectivity index (χ1n) is 4.70. The Bertz CT molecular complexity index is 261. The quantitative estimate of drug-likeness (QED) is 0.697. The molecule has 1 nitrogen and oxygen atoms in total. The van der Waals surface area contributed by atoms with Crippen LogP contribution in [0.15, 0.2) is 6.20 Å². The smallest absolute Gasteiger partial charge is 0.0930 e. The number of nitrogens with zero attached hydrogens (tertiary/aromatic N) is 1. The van der Waals surface area contributed by atoms with Crippen molar-refractivity contribution in [3.05, 3.63) is 16.1 Å². The highest BCUT2D eigenvalue weighted by atomic mass is 32.1. The standard InChI is InChI=1S/C10H15NS/c1-7(2)9-6-11-10(12-9)5-8-3-4-8/h6-8H,3-5H2,1-2H3. The molecule has 66 valence electrons. The molecule has 0 bridgehead atoms. The van der Waals surface area contributed by atoms with Crippen LogP contribution in [0.1, 0.15) is 42.5 Å². The van der Waals surface area contributed by atoms with Gasteiger partial charge in [0.15, 0.2) is 0 Å². The van der Waals surface area contributed by atoms with Crippen LogP contribution < -0.4 is 0 Å². The second-order valence-corrected chi connectivity index (χ2v) is 5.11. The van der Waals surface area contributed by atoms with E-state index in [4.69, 9.17) is 0 Å². The van der Waals surface area contributed by atoms with E-state index in [9.17, 15) is 0 Å². The third kappa shape index (κ3) is 1.86. The second kappa shape index (κ2) is 3.17. The fourth-order valence-corrected chi connectivity index (χ4v) is 2.29. The minimum atomic E-state index is 0.649. The highest BCUT2D eigenvalue weighted by Crippen LogP contribution is 2.34. The molecule has 0 spiro atoms. The molecule has 0 amide bonds. The van der Waals surface area contributed by atoms with Crippen molar-refractivity contribution < 1.29 is 0 Å². The summed E-state index contributed by atoms with van der Waals surface area (Å²) in [5.74, 6) is 1.62. The predicted octanol–water partition coefficient (Wildman–Crippen LogP) is 3.22. The predicted molar refractivity (Wildman–Crippen MR) is 52.6 cm³/mol. The normalized spacial score (nSPS) is 17.2. The molecule has 2 rings (SSSR count). The van der Waals surface area contributed by atoms with Crippen LogP contribution in [-0.2, 0) is 6.42 Å². The Balaban J connectivity index is 2.02. The lowest BCUT2D eigenvalue weighted by atomic mass is 10.2. The zero-order valence-corrected chi connectivity index (χ0v) is 8.53. The molecule has 12 heavy (non-hydrogen) atoms. The first-order chi connectivity index (χ1) is 5.75. The molecule has 0 atom stereocenters. The van der Waals surface area contributed by atoms with Crippen LogP contribution in [0.2, 0.25) is 0 Å². The van der Waals surface area contributed by atoms with E-state index in [1.54, 1.807) is 0 Å². The molecule has 0 saturated heterocycles. The van der Waals surface area contributed by atoms with Crippen LogP contribution in [0.4, 0.5) is 0 Å². The number of hydrogen-bond donors (Lipinski definition) is 0. The molecular formula is C10H15NS. The average Bonchev–Trinajstić information content (AvgIpc) is 2.66. The maximum Gasteiger partial charge on any atom is 0.0930 e. The lowest BCUT2D eigenvalue weighted by Gasteiger charge is -1.96. The maximum absolute atomic E-state index is 4.44. The number of aromatic nitrogens is 1. The maximum atomic E-state index is 4.44. The molecule has 1 heterocycles. The first kappa shape index (κ1) is 8.24. The van der Waals surface area contributed by atoms with Gasteiger partial charge in [-0.2, -0.15) is 0 Å². The Morgan fingerprint density at radius 3 is 2.83 bits per heavy atom. The minimum absolute atomic E-state index is 0.649. The largest absolute Gasteiger partial charge is 0.249 e. The number of thiazole rings is 1. The van der Waals surface area contributed by atoms with Gasteiger partial charge in [0.2, 0.25) is 0 Å². The van der Waals surface area contributed by atoms with Gasteiger partial charge in [-0.1, -0.05) is 13.8 Å². The zero-order valence-electron chi connectivity index (χ0n) is 7.71. The zero-order chi connectivity index (χ0) is 8.55. The summed E-state index contributed by atoms with van der Waals surface area (Å²) in [5, 5.41) is 1.35. The monoisotopic (exact) mass is 181 g/mol. The van der Waals surface area contributed by atoms with Crippen LogP contribution in [-0.4, -0.2) is 4.98 Å². The van der Waals surface area contributed by atoms with Crippen LogP contribution in [0.5, 0.6) is 0 Å². The van der Waals surface area contributed by atoms with E-state index in [0.717, 1.165) is 5.92 Å². The third-order valence-electron chi connectivity index (χ3n) is 2.30. The summed E-state index contributed by atoms with van der Waals surface area (Å²) >= 11 is 1.90. The van der Waals surface area contributed by atoms with E-state index in [0.29, 0.717) is 5.92 Å². The molecule has 0 radical (unpaired) electrons. The molecule has 1 saturated carbocycles. The fourth-order valence-electron chi connectivity index (χ4n) is 1.25. The van der Waals surface area contributed by atoms with Gasteiger partial charge >= 0.3 is 0 Å². The molecule has 1 fully saturated rings. The van der Waals surface area contributed by atoms with E-state index in [2.05, 4.69) is 18.8 Å². The van der Waals surface area contributed by atoms with Crippen molar-refractivity contribution in [2.75, 3.05) is 0 Å². The van der Waals surface area contributed by atoms with Crippen LogP contribution in [0.25, 0.3) is 0 Å². The Kier molecular flexibility index (Phi) is 2.18. The Hall–Kier alpha value is -0.370. The number of hydrogen-bond acceptors (Lipinski definition) is 2. The molecule has 1 aliphatic rings. The summed E-state index contributed by atoms with van der Waals surface area (Å²) in [7, 11) is 0. The Labute approximate surface area is 77.8 Å². The summed E-state index contributed by atoms with van der Waals surface area (Å²) in [6.45, 7) is 4.46. The fraction of sp³-hybridized carbons (Fsp3) is 0.700. The molecule has 1 aliphatic carbocycles. The van der Waals surface area contributed by atoms with Crippen molar-refractivity contribution in [1.29, 1.82) is 0 Å². The van der Waals surface area contributed by atoms with E-state index in [-0.39, 0.29) is 0 Å². The van der Waals surface area contributed by atoms with Crippen molar-refractivity contribution in [2.45, 2.75) is 39.0 Å². The molecule has 0 aromatic carbocycles. The van der Waals surface area contributed by atoms with Gasteiger partial charge in [-0.3, -0.25) is 0 Å². The molecule has 1 aromatic heterocycles. The van der Waals surface area contributed by atoms with Crippen molar-refractivity contribution in [1.82, 2.24) is 4.98 Å².